The minimum Gasteiger partial charge on any atom is -0.356 e. The van der Waals surface area contributed by atoms with Gasteiger partial charge in [0.25, 0.3) is 0 Å². The third kappa shape index (κ3) is 6.26. The predicted octanol–water partition coefficient (Wildman–Crippen LogP) is 2.01. The molecule has 0 aliphatic heterocycles. The molecule has 1 N–H and O–H groups in total. The topological polar surface area (TPSA) is 46.2 Å². The zero-order chi connectivity index (χ0) is 12.0. The summed E-state index contributed by atoms with van der Waals surface area (Å²) in [6.45, 7) is 10.3. The van der Waals surface area contributed by atoms with E-state index >= 15 is 0 Å². The van der Waals surface area contributed by atoms with Gasteiger partial charge in [-0.2, -0.15) is 0 Å². The minimum absolute atomic E-state index is 0.0119. The Bertz CT molecular complexity index is 222. The van der Waals surface area contributed by atoms with E-state index in [0.29, 0.717) is 18.9 Å². The summed E-state index contributed by atoms with van der Waals surface area (Å²) < 4.78 is 0. The van der Waals surface area contributed by atoms with Gasteiger partial charge >= 0.3 is 0 Å². The van der Waals surface area contributed by atoms with Gasteiger partial charge in [0.1, 0.15) is 5.78 Å². The molecule has 3 nitrogen and oxygen atoms in total. The monoisotopic (exact) mass is 213 g/mol. The van der Waals surface area contributed by atoms with Crippen molar-refractivity contribution in [2.45, 2.75) is 41.0 Å². The van der Waals surface area contributed by atoms with Crippen LogP contribution in [0.2, 0.25) is 0 Å². The van der Waals surface area contributed by atoms with Crippen molar-refractivity contribution in [2.75, 3.05) is 6.54 Å². The van der Waals surface area contributed by atoms with Crippen LogP contribution in [0.3, 0.4) is 0 Å². The van der Waals surface area contributed by atoms with Crippen molar-refractivity contribution in [3.05, 3.63) is 0 Å². The average Bonchev–Trinajstić information content (AvgIpc) is 2.13. The highest BCUT2D eigenvalue weighted by Gasteiger charge is 2.19. The Morgan fingerprint density at radius 3 is 2.00 bits per heavy atom. The van der Waals surface area contributed by atoms with Crippen molar-refractivity contribution < 1.29 is 9.59 Å². The molecule has 0 heterocycles. The van der Waals surface area contributed by atoms with Crippen molar-refractivity contribution in [3.63, 3.8) is 0 Å². The van der Waals surface area contributed by atoms with E-state index in [1.807, 2.05) is 34.6 Å². The molecule has 0 radical (unpaired) electrons. The number of carbonyl (C=O) groups is 2. The molecule has 0 fully saturated rings. The van der Waals surface area contributed by atoms with Gasteiger partial charge in [-0.15, -0.1) is 0 Å². The lowest BCUT2D eigenvalue weighted by Gasteiger charge is -2.13. The molecular weight excluding hydrogens is 190 g/mol. The number of hydrogen-bond acceptors (Lipinski definition) is 2. The zero-order valence-electron chi connectivity index (χ0n) is 10.5. The van der Waals surface area contributed by atoms with Crippen LogP contribution in [-0.2, 0) is 9.59 Å². The summed E-state index contributed by atoms with van der Waals surface area (Å²) in [5, 5.41) is 2.82. The van der Waals surface area contributed by atoms with Crippen LogP contribution in [0.15, 0.2) is 0 Å². The summed E-state index contributed by atoms with van der Waals surface area (Å²) in [5.74, 6) is 0.431. The fourth-order valence-corrected chi connectivity index (χ4v) is 1.34. The molecule has 0 aromatic heterocycles. The maximum atomic E-state index is 11.5. The van der Waals surface area contributed by atoms with Crippen molar-refractivity contribution in [1.29, 1.82) is 0 Å². The van der Waals surface area contributed by atoms with E-state index in [9.17, 15) is 9.59 Å². The molecule has 3 heteroatoms. The summed E-state index contributed by atoms with van der Waals surface area (Å²) in [4.78, 5) is 23.0. The van der Waals surface area contributed by atoms with E-state index in [1.165, 1.54) is 0 Å². The van der Waals surface area contributed by atoms with Gasteiger partial charge < -0.3 is 5.32 Å². The van der Waals surface area contributed by atoms with E-state index in [2.05, 4.69) is 5.32 Å². The lowest BCUT2D eigenvalue weighted by atomic mass is 9.94. The largest absolute Gasteiger partial charge is 0.356 e. The predicted molar refractivity (Wildman–Crippen MR) is 61.5 cm³/mol. The smallest absolute Gasteiger partial charge is 0.220 e. The highest BCUT2D eigenvalue weighted by Crippen LogP contribution is 2.10. The summed E-state index contributed by atoms with van der Waals surface area (Å²) in [5.41, 5.74) is 0. The lowest BCUT2D eigenvalue weighted by molar-refractivity contribution is -0.130. The van der Waals surface area contributed by atoms with Crippen molar-refractivity contribution >= 4 is 11.7 Å². The first-order valence-corrected chi connectivity index (χ1v) is 5.65. The highest BCUT2D eigenvalue weighted by atomic mass is 16.2. The fourth-order valence-electron chi connectivity index (χ4n) is 1.34. The van der Waals surface area contributed by atoms with Crippen LogP contribution < -0.4 is 5.32 Å². The van der Waals surface area contributed by atoms with Crippen LogP contribution in [0.4, 0.5) is 0 Å². The van der Waals surface area contributed by atoms with Gasteiger partial charge in [-0.25, -0.2) is 0 Å². The van der Waals surface area contributed by atoms with Gasteiger partial charge in [0, 0.05) is 24.8 Å². The number of carbonyl (C=O) groups excluding carboxylic acids is 2. The molecule has 0 aliphatic rings. The molecule has 0 saturated heterocycles. The maximum Gasteiger partial charge on any atom is 0.220 e. The molecule has 88 valence electrons. The Labute approximate surface area is 92.6 Å². The summed E-state index contributed by atoms with van der Waals surface area (Å²) in [6.07, 6.45) is 0.309. The highest BCUT2D eigenvalue weighted by molar-refractivity contribution is 5.87. The third-order valence-corrected chi connectivity index (χ3v) is 2.25. The molecule has 0 aromatic carbocycles. The Morgan fingerprint density at radius 1 is 1.07 bits per heavy atom. The van der Waals surface area contributed by atoms with Gasteiger partial charge in [0.05, 0.1) is 0 Å². The Hall–Kier alpha value is -0.860. The normalized spacial score (nSPS) is 13.0. The van der Waals surface area contributed by atoms with E-state index in [4.69, 9.17) is 0 Å². The van der Waals surface area contributed by atoms with Crippen molar-refractivity contribution in [3.8, 4) is 0 Å². The first kappa shape index (κ1) is 14.1. The fraction of sp³-hybridized carbons (Fsp3) is 0.833. The molecule has 1 amide bonds. The SMILES string of the molecule is CC(C)CNC(=O)CC(C)C(=O)C(C)C. The van der Waals surface area contributed by atoms with Gasteiger partial charge in [0.2, 0.25) is 5.91 Å². The van der Waals surface area contributed by atoms with Crippen LogP contribution in [0.1, 0.15) is 41.0 Å². The van der Waals surface area contributed by atoms with Crippen LogP contribution in [-0.4, -0.2) is 18.2 Å². The molecule has 1 unspecified atom stereocenters. The standard InChI is InChI=1S/C12H23NO2/c1-8(2)7-13-11(14)6-10(5)12(15)9(3)4/h8-10H,6-7H2,1-5H3,(H,13,14). The summed E-state index contributed by atoms with van der Waals surface area (Å²) in [6, 6.07) is 0. The van der Waals surface area contributed by atoms with Gasteiger partial charge in [-0.05, 0) is 5.92 Å². The van der Waals surface area contributed by atoms with Crippen LogP contribution in [0, 0.1) is 17.8 Å². The number of rotatable bonds is 6. The van der Waals surface area contributed by atoms with Crippen molar-refractivity contribution in [2.24, 2.45) is 17.8 Å². The minimum atomic E-state index is -0.169. The lowest BCUT2D eigenvalue weighted by Crippen LogP contribution is -2.31. The van der Waals surface area contributed by atoms with Gasteiger partial charge in [-0.1, -0.05) is 34.6 Å². The second-order valence-corrected chi connectivity index (χ2v) is 4.86. The number of nitrogens with one attached hydrogen (secondary N) is 1. The Kier molecular flexibility index (Phi) is 6.21. The quantitative estimate of drug-likeness (QED) is 0.733. The van der Waals surface area contributed by atoms with E-state index in [-0.39, 0.29) is 23.5 Å². The molecular formula is C12H23NO2. The number of ketones is 1. The first-order chi connectivity index (χ1) is 6.84. The van der Waals surface area contributed by atoms with E-state index in [0.717, 1.165) is 0 Å². The first-order valence-electron chi connectivity index (χ1n) is 5.65. The second kappa shape index (κ2) is 6.59. The summed E-state index contributed by atoms with van der Waals surface area (Å²) in [7, 11) is 0. The zero-order valence-corrected chi connectivity index (χ0v) is 10.5. The molecule has 0 spiro atoms. The molecule has 0 saturated carbocycles. The second-order valence-electron chi connectivity index (χ2n) is 4.86. The molecule has 0 aromatic rings. The third-order valence-electron chi connectivity index (χ3n) is 2.25. The van der Waals surface area contributed by atoms with E-state index in [1.54, 1.807) is 0 Å². The van der Waals surface area contributed by atoms with Crippen LogP contribution in [0.25, 0.3) is 0 Å². The summed E-state index contributed by atoms with van der Waals surface area (Å²) >= 11 is 0. The van der Waals surface area contributed by atoms with Crippen LogP contribution >= 0.6 is 0 Å². The molecule has 0 rings (SSSR count). The molecule has 15 heavy (non-hydrogen) atoms. The molecule has 1 atom stereocenters. The number of hydrogen-bond donors (Lipinski definition) is 1. The number of amides is 1. The molecule has 0 aliphatic carbocycles. The van der Waals surface area contributed by atoms with E-state index < -0.39 is 0 Å². The Balaban J connectivity index is 3.91. The number of Topliss-reactive ketones (excluding diaryl/α,β-unsaturated/α-hetero) is 1. The Morgan fingerprint density at radius 2 is 1.60 bits per heavy atom. The average molecular weight is 213 g/mol. The van der Waals surface area contributed by atoms with Gasteiger partial charge in [0.15, 0.2) is 0 Å². The van der Waals surface area contributed by atoms with Gasteiger partial charge in [-0.3, -0.25) is 9.59 Å². The maximum absolute atomic E-state index is 11.5. The van der Waals surface area contributed by atoms with Crippen molar-refractivity contribution in [1.82, 2.24) is 5.32 Å². The van der Waals surface area contributed by atoms with Crippen LogP contribution in [0.5, 0.6) is 0 Å². The molecule has 0 bridgehead atoms.